The Hall–Kier alpha value is -3.42. The molecule has 1 aliphatic rings. The molecule has 1 heterocycles. The standard InChI is InChI=1S/C24H29FN6O/c1-3-26-24(27-13-18-5-4-6-20(11-18)23-28-15-29-31-23)30-16(2)19-9-10-22(21(25)12-19)32-14-17-7-8-17/h4-6,9-12,15-17H,3,7-8,13-14H2,1-2H3,(H2,26,27,30)(H,28,29,31). The Morgan fingerprint density at radius 2 is 2.16 bits per heavy atom. The summed E-state index contributed by atoms with van der Waals surface area (Å²) in [6, 6.07) is 13.0. The van der Waals surface area contributed by atoms with Crippen molar-refractivity contribution in [2.45, 2.75) is 39.3 Å². The SMILES string of the molecule is CCNC(=NCc1cccc(-c2ncn[nH]2)c1)NC(C)c1ccc(OCC2CC2)c(F)c1. The Labute approximate surface area is 187 Å². The second kappa shape index (κ2) is 10.3. The number of aromatic nitrogens is 3. The van der Waals surface area contributed by atoms with Gasteiger partial charge in [-0.1, -0.05) is 24.3 Å². The third kappa shape index (κ3) is 5.84. The fraction of sp³-hybridized carbons (Fsp3) is 0.375. The molecule has 3 N–H and O–H groups in total. The molecule has 1 aromatic heterocycles. The van der Waals surface area contributed by atoms with Gasteiger partial charge in [-0.15, -0.1) is 0 Å². The minimum atomic E-state index is -0.331. The lowest BCUT2D eigenvalue weighted by molar-refractivity contribution is 0.285. The number of rotatable bonds is 9. The van der Waals surface area contributed by atoms with E-state index in [2.05, 4.69) is 25.8 Å². The zero-order chi connectivity index (χ0) is 22.3. The van der Waals surface area contributed by atoms with Gasteiger partial charge in [0.15, 0.2) is 23.4 Å². The van der Waals surface area contributed by atoms with E-state index in [0.717, 1.165) is 29.1 Å². The Balaban J connectivity index is 1.40. The second-order valence-corrected chi connectivity index (χ2v) is 8.04. The summed E-state index contributed by atoms with van der Waals surface area (Å²) in [6.07, 6.45) is 3.85. The second-order valence-electron chi connectivity index (χ2n) is 8.04. The zero-order valence-electron chi connectivity index (χ0n) is 18.4. The molecule has 0 spiro atoms. The van der Waals surface area contributed by atoms with Crippen molar-refractivity contribution in [1.29, 1.82) is 0 Å². The summed E-state index contributed by atoms with van der Waals surface area (Å²) in [4.78, 5) is 8.89. The molecule has 0 saturated heterocycles. The van der Waals surface area contributed by atoms with Gasteiger partial charge in [-0.2, -0.15) is 5.10 Å². The van der Waals surface area contributed by atoms with Gasteiger partial charge in [0.05, 0.1) is 19.2 Å². The molecule has 4 rings (SSSR count). The molecular formula is C24H29FN6O. The van der Waals surface area contributed by atoms with E-state index in [1.165, 1.54) is 25.2 Å². The van der Waals surface area contributed by atoms with Crippen LogP contribution in [0.3, 0.4) is 0 Å². The van der Waals surface area contributed by atoms with Crippen LogP contribution in [0.2, 0.25) is 0 Å². The number of ether oxygens (including phenoxy) is 1. The van der Waals surface area contributed by atoms with Crippen LogP contribution in [0.1, 0.15) is 43.9 Å². The predicted octanol–water partition coefficient (Wildman–Crippen LogP) is 4.22. The molecule has 3 aromatic rings. The zero-order valence-corrected chi connectivity index (χ0v) is 18.4. The molecule has 0 bridgehead atoms. The fourth-order valence-electron chi connectivity index (χ4n) is 3.34. The first-order chi connectivity index (χ1) is 15.6. The van der Waals surface area contributed by atoms with Gasteiger partial charge in [0.1, 0.15) is 6.33 Å². The highest BCUT2D eigenvalue weighted by atomic mass is 19.1. The van der Waals surface area contributed by atoms with Crippen molar-refractivity contribution in [3.63, 3.8) is 0 Å². The van der Waals surface area contributed by atoms with Crippen molar-refractivity contribution < 1.29 is 9.13 Å². The van der Waals surface area contributed by atoms with Crippen molar-refractivity contribution in [1.82, 2.24) is 25.8 Å². The largest absolute Gasteiger partial charge is 0.490 e. The molecule has 7 nitrogen and oxygen atoms in total. The monoisotopic (exact) mass is 436 g/mol. The highest BCUT2D eigenvalue weighted by Crippen LogP contribution is 2.30. The molecule has 2 aromatic carbocycles. The van der Waals surface area contributed by atoms with E-state index < -0.39 is 0 Å². The number of nitrogens with zero attached hydrogens (tertiary/aromatic N) is 3. The molecule has 168 valence electrons. The number of benzene rings is 2. The molecule has 1 unspecified atom stereocenters. The van der Waals surface area contributed by atoms with E-state index in [4.69, 9.17) is 9.73 Å². The van der Waals surface area contributed by atoms with E-state index in [0.29, 0.717) is 30.8 Å². The van der Waals surface area contributed by atoms with Gasteiger partial charge in [0.25, 0.3) is 0 Å². The topological polar surface area (TPSA) is 87.2 Å². The van der Waals surface area contributed by atoms with Crippen molar-refractivity contribution in [3.05, 3.63) is 65.7 Å². The molecule has 0 amide bonds. The number of guanidine groups is 1. The number of hydrogen-bond donors (Lipinski definition) is 3. The number of hydrogen-bond acceptors (Lipinski definition) is 4. The number of aliphatic imine (C=N–C) groups is 1. The molecule has 1 fully saturated rings. The van der Waals surface area contributed by atoms with Crippen LogP contribution >= 0.6 is 0 Å². The van der Waals surface area contributed by atoms with Crippen LogP contribution in [-0.4, -0.2) is 34.3 Å². The number of aromatic amines is 1. The number of H-pyrrole nitrogens is 1. The molecule has 8 heteroatoms. The molecule has 1 atom stereocenters. The highest BCUT2D eigenvalue weighted by molar-refractivity contribution is 5.80. The summed E-state index contributed by atoms with van der Waals surface area (Å²) in [5.41, 5.74) is 2.84. The lowest BCUT2D eigenvalue weighted by Crippen LogP contribution is -2.38. The summed E-state index contributed by atoms with van der Waals surface area (Å²) in [5.74, 6) is 1.97. The van der Waals surface area contributed by atoms with Crippen molar-refractivity contribution in [3.8, 4) is 17.1 Å². The molecule has 0 radical (unpaired) electrons. The first-order valence-corrected chi connectivity index (χ1v) is 11.0. The third-order valence-electron chi connectivity index (χ3n) is 5.36. The summed E-state index contributed by atoms with van der Waals surface area (Å²) in [7, 11) is 0. The number of nitrogens with one attached hydrogen (secondary N) is 3. The molecule has 0 aliphatic heterocycles. The van der Waals surface area contributed by atoms with Crippen molar-refractivity contribution in [2.24, 2.45) is 10.9 Å². The van der Waals surface area contributed by atoms with Gasteiger partial charge in [-0.25, -0.2) is 14.4 Å². The Bertz CT molecular complexity index is 1050. The van der Waals surface area contributed by atoms with Crippen LogP contribution in [0.5, 0.6) is 5.75 Å². The lowest BCUT2D eigenvalue weighted by Gasteiger charge is -2.19. The molecule has 1 saturated carbocycles. The maximum Gasteiger partial charge on any atom is 0.192 e. The maximum absolute atomic E-state index is 14.5. The van der Waals surface area contributed by atoms with E-state index >= 15 is 0 Å². The van der Waals surface area contributed by atoms with Crippen LogP contribution in [0.4, 0.5) is 4.39 Å². The van der Waals surface area contributed by atoms with Crippen LogP contribution in [0, 0.1) is 11.7 Å². The Kier molecular flexibility index (Phi) is 6.99. The van der Waals surface area contributed by atoms with Gasteiger partial charge in [-0.3, -0.25) is 5.10 Å². The highest BCUT2D eigenvalue weighted by Gasteiger charge is 2.22. The Morgan fingerprint density at radius 3 is 2.88 bits per heavy atom. The summed E-state index contributed by atoms with van der Waals surface area (Å²) in [5, 5.41) is 13.4. The summed E-state index contributed by atoms with van der Waals surface area (Å²) >= 11 is 0. The third-order valence-corrected chi connectivity index (χ3v) is 5.36. The average Bonchev–Trinajstić information content (AvgIpc) is 3.47. The normalized spacial score (nSPS) is 14.8. The van der Waals surface area contributed by atoms with Crippen molar-refractivity contribution >= 4 is 5.96 Å². The van der Waals surface area contributed by atoms with Crippen LogP contribution in [0.15, 0.2) is 53.8 Å². The van der Waals surface area contributed by atoms with Gasteiger partial charge in [-0.05, 0) is 61.9 Å². The predicted molar refractivity (Wildman–Crippen MR) is 123 cm³/mol. The number of halogens is 1. The summed E-state index contributed by atoms with van der Waals surface area (Å²) < 4.78 is 20.1. The minimum absolute atomic E-state index is 0.125. The fourth-order valence-corrected chi connectivity index (χ4v) is 3.34. The van der Waals surface area contributed by atoms with Gasteiger partial charge in [0, 0.05) is 12.1 Å². The smallest absolute Gasteiger partial charge is 0.192 e. The summed E-state index contributed by atoms with van der Waals surface area (Å²) in [6.45, 7) is 5.80. The van der Waals surface area contributed by atoms with Gasteiger partial charge >= 0.3 is 0 Å². The van der Waals surface area contributed by atoms with Gasteiger partial charge in [0.2, 0.25) is 0 Å². The van der Waals surface area contributed by atoms with E-state index in [9.17, 15) is 4.39 Å². The molecular weight excluding hydrogens is 407 g/mol. The van der Waals surface area contributed by atoms with E-state index in [-0.39, 0.29) is 11.9 Å². The van der Waals surface area contributed by atoms with Crippen LogP contribution in [0.25, 0.3) is 11.4 Å². The van der Waals surface area contributed by atoms with Crippen molar-refractivity contribution in [2.75, 3.05) is 13.2 Å². The first-order valence-electron chi connectivity index (χ1n) is 11.0. The molecule has 1 aliphatic carbocycles. The minimum Gasteiger partial charge on any atom is -0.490 e. The Morgan fingerprint density at radius 1 is 1.28 bits per heavy atom. The lowest BCUT2D eigenvalue weighted by atomic mass is 10.1. The average molecular weight is 437 g/mol. The van der Waals surface area contributed by atoms with E-state index in [1.807, 2.05) is 44.2 Å². The van der Waals surface area contributed by atoms with Gasteiger partial charge < -0.3 is 15.4 Å². The quantitative estimate of drug-likeness (QED) is 0.345. The van der Waals surface area contributed by atoms with Crippen LogP contribution in [-0.2, 0) is 6.54 Å². The van der Waals surface area contributed by atoms with Crippen LogP contribution < -0.4 is 15.4 Å². The molecule has 32 heavy (non-hydrogen) atoms. The maximum atomic E-state index is 14.5. The first kappa shape index (κ1) is 21.8. The van der Waals surface area contributed by atoms with E-state index in [1.54, 1.807) is 6.07 Å².